The van der Waals surface area contributed by atoms with E-state index in [2.05, 4.69) is 5.32 Å². The number of amides is 2. The van der Waals surface area contributed by atoms with Crippen LogP contribution in [0.2, 0.25) is 0 Å². The molecular formula is C18H21N3O6. The standard InChI is InChI=1S/C18H21N3O6/c1-10(2)26-16(24)20-9-19-18(21(20)17(25)27-11(3)4)14(22)12-7-5-6-8-13(12)15(18)23/h5-8,10-11,19H,9H2,1-4H3. The minimum absolute atomic E-state index is 0.177. The van der Waals surface area contributed by atoms with Crippen molar-refractivity contribution in [3.05, 3.63) is 35.4 Å². The zero-order chi connectivity index (χ0) is 19.9. The summed E-state index contributed by atoms with van der Waals surface area (Å²) in [6, 6.07) is 6.26. The van der Waals surface area contributed by atoms with Crippen LogP contribution in [0.1, 0.15) is 48.4 Å². The van der Waals surface area contributed by atoms with Crippen molar-refractivity contribution in [2.45, 2.75) is 45.6 Å². The number of carbonyl (C=O) groups is 4. The first-order valence-electron chi connectivity index (χ1n) is 8.62. The van der Waals surface area contributed by atoms with Gasteiger partial charge in [0.25, 0.3) is 0 Å². The molecule has 1 aliphatic heterocycles. The van der Waals surface area contributed by atoms with Crippen LogP contribution < -0.4 is 5.32 Å². The minimum Gasteiger partial charge on any atom is -0.445 e. The normalized spacial score (nSPS) is 17.9. The predicted octanol–water partition coefficient (Wildman–Crippen LogP) is 1.93. The van der Waals surface area contributed by atoms with E-state index in [1.54, 1.807) is 39.8 Å². The van der Waals surface area contributed by atoms with Gasteiger partial charge in [-0.2, -0.15) is 10.0 Å². The lowest BCUT2D eigenvalue weighted by Gasteiger charge is -2.34. The van der Waals surface area contributed by atoms with Crippen LogP contribution in [0.15, 0.2) is 24.3 Å². The van der Waals surface area contributed by atoms with Crippen LogP contribution in [0.3, 0.4) is 0 Å². The third-order valence-electron chi connectivity index (χ3n) is 4.17. The molecule has 0 saturated carbocycles. The van der Waals surface area contributed by atoms with Gasteiger partial charge < -0.3 is 9.47 Å². The molecule has 1 aliphatic carbocycles. The SMILES string of the molecule is CC(C)OC(=O)N1CNC2(C(=O)c3ccccc3C2=O)N1C(=O)OC(C)C. The third-order valence-corrected chi connectivity index (χ3v) is 4.17. The van der Waals surface area contributed by atoms with Gasteiger partial charge in [0.2, 0.25) is 17.2 Å². The minimum atomic E-state index is -2.06. The molecule has 0 radical (unpaired) electrons. The lowest BCUT2D eigenvalue weighted by Crippen LogP contribution is -2.64. The molecule has 0 atom stereocenters. The molecule has 1 aromatic rings. The molecule has 9 heteroatoms. The first kappa shape index (κ1) is 18.8. The van der Waals surface area contributed by atoms with Gasteiger partial charge in [-0.05, 0) is 27.7 Å². The maximum absolute atomic E-state index is 13.1. The maximum Gasteiger partial charge on any atom is 0.431 e. The van der Waals surface area contributed by atoms with Crippen LogP contribution in [-0.4, -0.2) is 58.3 Å². The molecule has 9 nitrogen and oxygen atoms in total. The lowest BCUT2D eigenvalue weighted by atomic mass is 10.0. The van der Waals surface area contributed by atoms with E-state index < -0.39 is 41.6 Å². The van der Waals surface area contributed by atoms with E-state index in [4.69, 9.17) is 9.47 Å². The van der Waals surface area contributed by atoms with E-state index in [1.165, 1.54) is 12.1 Å². The summed E-state index contributed by atoms with van der Waals surface area (Å²) in [7, 11) is 0. The largest absolute Gasteiger partial charge is 0.445 e. The number of nitrogens with zero attached hydrogens (tertiary/aromatic N) is 2. The average molecular weight is 375 g/mol. The molecule has 0 bridgehead atoms. The summed E-state index contributed by atoms with van der Waals surface area (Å²) in [5, 5.41) is 4.36. The van der Waals surface area contributed by atoms with Gasteiger partial charge in [0, 0.05) is 11.1 Å². The fourth-order valence-corrected chi connectivity index (χ4v) is 3.14. The summed E-state index contributed by atoms with van der Waals surface area (Å²) < 4.78 is 10.3. The summed E-state index contributed by atoms with van der Waals surface area (Å²) in [5.74, 6) is -1.24. The summed E-state index contributed by atoms with van der Waals surface area (Å²) in [5.41, 5.74) is -1.71. The van der Waals surface area contributed by atoms with Crippen molar-refractivity contribution < 1.29 is 28.7 Å². The number of rotatable bonds is 2. The van der Waals surface area contributed by atoms with Gasteiger partial charge in [0.15, 0.2) is 0 Å². The first-order valence-corrected chi connectivity index (χ1v) is 8.62. The zero-order valence-corrected chi connectivity index (χ0v) is 15.5. The molecule has 0 aromatic heterocycles. The van der Waals surface area contributed by atoms with Gasteiger partial charge in [0.05, 0.1) is 18.9 Å². The Morgan fingerprint density at radius 3 is 1.93 bits per heavy atom. The Morgan fingerprint density at radius 2 is 1.44 bits per heavy atom. The molecule has 1 N–H and O–H groups in total. The number of hydrogen-bond acceptors (Lipinski definition) is 7. The highest BCUT2D eigenvalue weighted by Gasteiger charge is 2.65. The Balaban J connectivity index is 2.07. The Kier molecular flexibility index (Phi) is 4.64. The molecule has 1 aromatic carbocycles. The maximum atomic E-state index is 13.1. The molecular weight excluding hydrogens is 354 g/mol. The number of carbonyl (C=O) groups excluding carboxylic acids is 4. The summed E-state index contributed by atoms with van der Waals surface area (Å²) >= 11 is 0. The second kappa shape index (κ2) is 6.66. The molecule has 2 aliphatic rings. The zero-order valence-electron chi connectivity index (χ0n) is 15.5. The number of nitrogens with one attached hydrogen (secondary N) is 1. The molecule has 0 unspecified atom stereocenters. The van der Waals surface area contributed by atoms with Gasteiger partial charge >= 0.3 is 12.2 Å². The number of ketones is 2. The highest BCUT2D eigenvalue weighted by atomic mass is 16.6. The Morgan fingerprint density at radius 1 is 0.963 bits per heavy atom. The van der Waals surface area contributed by atoms with E-state index in [0.29, 0.717) is 0 Å². The van der Waals surface area contributed by atoms with Crippen molar-refractivity contribution in [3.63, 3.8) is 0 Å². The summed E-state index contributed by atoms with van der Waals surface area (Å²) in [6.45, 7) is 6.28. The van der Waals surface area contributed by atoms with E-state index in [1.807, 2.05) is 0 Å². The van der Waals surface area contributed by atoms with Gasteiger partial charge in [-0.25, -0.2) is 9.59 Å². The van der Waals surface area contributed by atoms with Crippen LogP contribution in [-0.2, 0) is 9.47 Å². The van der Waals surface area contributed by atoms with Crippen LogP contribution >= 0.6 is 0 Å². The highest BCUT2D eigenvalue weighted by molar-refractivity contribution is 6.33. The van der Waals surface area contributed by atoms with Crippen LogP contribution in [0, 0.1) is 0 Å². The van der Waals surface area contributed by atoms with Gasteiger partial charge in [-0.3, -0.25) is 14.9 Å². The first-order chi connectivity index (χ1) is 12.7. The second-order valence-electron chi connectivity index (χ2n) is 6.83. The quantitative estimate of drug-likeness (QED) is 0.788. The lowest BCUT2D eigenvalue weighted by molar-refractivity contribution is -0.0363. The van der Waals surface area contributed by atoms with Crippen LogP contribution in [0.5, 0.6) is 0 Å². The molecule has 1 fully saturated rings. The van der Waals surface area contributed by atoms with Crippen molar-refractivity contribution in [2.24, 2.45) is 0 Å². The second-order valence-corrected chi connectivity index (χ2v) is 6.83. The van der Waals surface area contributed by atoms with Crippen molar-refractivity contribution in [3.8, 4) is 0 Å². The van der Waals surface area contributed by atoms with Crippen molar-refractivity contribution in [2.75, 3.05) is 6.67 Å². The number of Topliss-reactive ketones (excluding diaryl/α,β-unsaturated/α-hetero) is 2. The molecule has 3 rings (SSSR count). The van der Waals surface area contributed by atoms with Gasteiger partial charge in [-0.1, -0.05) is 24.3 Å². The van der Waals surface area contributed by atoms with Gasteiger partial charge in [0.1, 0.15) is 0 Å². The Labute approximate surface area is 156 Å². The Hall–Kier alpha value is -2.94. The number of hydrogen-bond donors (Lipinski definition) is 1. The Bertz CT molecular complexity index is 784. The predicted molar refractivity (Wildman–Crippen MR) is 92.7 cm³/mol. The number of ether oxygens (including phenoxy) is 2. The van der Waals surface area contributed by atoms with E-state index in [0.717, 1.165) is 10.0 Å². The summed E-state index contributed by atoms with van der Waals surface area (Å²) in [4.78, 5) is 51.5. The molecule has 1 spiro atoms. The number of fused-ring (bicyclic) bond motifs is 1. The number of benzene rings is 1. The molecule has 27 heavy (non-hydrogen) atoms. The monoisotopic (exact) mass is 375 g/mol. The van der Waals surface area contributed by atoms with E-state index in [-0.39, 0.29) is 17.8 Å². The fourth-order valence-electron chi connectivity index (χ4n) is 3.14. The molecule has 1 heterocycles. The van der Waals surface area contributed by atoms with Crippen LogP contribution in [0.25, 0.3) is 0 Å². The van der Waals surface area contributed by atoms with Crippen molar-refractivity contribution in [1.82, 2.24) is 15.3 Å². The smallest absolute Gasteiger partial charge is 0.431 e. The van der Waals surface area contributed by atoms with Crippen molar-refractivity contribution >= 4 is 23.8 Å². The number of hydrazine groups is 1. The van der Waals surface area contributed by atoms with E-state index in [9.17, 15) is 19.2 Å². The highest BCUT2D eigenvalue weighted by Crippen LogP contribution is 2.37. The van der Waals surface area contributed by atoms with Crippen LogP contribution in [0.4, 0.5) is 9.59 Å². The topological polar surface area (TPSA) is 105 Å². The fraction of sp³-hybridized carbons (Fsp3) is 0.444. The van der Waals surface area contributed by atoms with Gasteiger partial charge in [-0.15, -0.1) is 0 Å². The third kappa shape index (κ3) is 2.84. The molecule has 1 saturated heterocycles. The van der Waals surface area contributed by atoms with Crippen molar-refractivity contribution in [1.29, 1.82) is 0 Å². The van der Waals surface area contributed by atoms with E-state index >= 15 is 0 Å². The molecule has 2 amide bonds. The summed E-state index contributed by atoms with van der Waals surface area (Å²) in [6.07, 6.45) is -2.84. The molecule has 144 valence electrons. The average Bonchev–Trinajstić information content (AvgIpc) is 3.09.